The molecule has 2 atom stereocenters. The average molecular weight is 337 g/mol. The van der Waals surface area contributed by atoms with Crippen LogP contribution in [0, 0.1) is 5.41 Å². The summed E-state index contributed by atoms with van der Waals surface area (Å²) in [5.41, 5.74) is 2.59. The quantitative estimate of drug-likeness (QED) is 0.827. The summed E-state index contributed by atoms with van der Waals surface area (Å²) in [6.45, 7) is 8.05. The van der Waals surface area contributed by atoms with Crippen LogP contribution in [0.25, 0.3) is 0 Å². The van der Waals surface area contributed by atoms with E-state index in [2.05, 4.69) is 15.0 Å². The zero-order valence-electron chi connectivity index (χ0n) is 14.4. The van der Waals surface area contributed by atoms with Crippen LogP contribution in [0.2, 0.25) is 0 Å². The molecule has 0 radical (unpaired) electrons. The standard InChI is InChI=1S/C17H27N3O2S/c1-16(2,3)23(21)20-15-13-11-19-14(22-4)9-12(13)10-17(15)5-7-18-8-6-17/h9,11,15,18,20H,5-8,10H2,1-4H3. The average Bonchev–Trinajstić information content (AvgIpc) is 2.79. The number of nitrogens with zero attached hydrogens (tertiary/aromatic N) is 1. The van der Waals surface area contributed by atoms with Crippen molar-refractivity contribution in [3.05, 3.63) is 23.4 Å². The zero-order chi connectivity index (χ0) is 16.7. The molecule has 0 amide bonds. The molecule has 2 heterocycles. The van der Waals surface area contributed by atoms with E-state index in [0.717, 1.165) is 32.4 Å². The summed E-state index contributed by atoms with van der Waals surface area (Å²) in [5.74, 6) is 0.658. The molecular formula is C17H27N3O2S. The van der Waals surface area contributed by atoms with E-state index in [0.29, 0.717) is 5.88 Å². The SMILES string of the molecule is COc1cc2c(cn1)C(N[S+]([O-])C(C)(C)C)C1(CCNCC1)C2. The molecule has 2 aliphatic rings. The highest BCUT2D eigenvalue weighted by Gasteiger charge is 2.49. The Morgan fingerprint density at radius 1 is 1.39 bits per heavy atom. The second-order valence-electron chi connectivity index (χ2n) is 7.65. The molecule has 1 aromatic rings. The van der Waals surface area contributed by atoms with Gasteiger partial charge in [0.1, 0.15) is 4.75 Å². The van der Waals surface area contributed by atoms with Crippen molar-refractivity contribution < 1.29 is 9.29 Å². The lowest BCUT2D eigenvalue weighted by molar-refractivity contribution is 0.163. The number of pyridine rings is 1. The Bertz CT molecular complexity index is 567. The Morgan fingerprint density at radius 2 is 2.09 bits per heavy atom. The summed E-state index contributed by atoms with van der Waals surface area (Å²) in [6.07, 6.45) is 5.08. The Kier molecular flexibility index (Phi) is 4.62. The molecule has 1 aliphatic carbocycles. The first-order chi connectivity index (χ1) is 10.9. The monoisotopic (exact) mass is 337 g/mol. The van der Waals surface area contributed by atoms with Crippen molar-refractivity contribution in [1.82, 2.24) is 15.0 Å². The van der Waals surface area contributed by atoms with Crippen LogP contribution in [-0.4, -0.2) is 34.5 Å². The number of fused-ring (bicyclic) bond motifs is 1. The summed E-state index contributed by atoms with van der Waals surface area (Å²) in [6, 6.07) is 2.14. The van der Waals surface area contributed by atoms with Crippen molar-refractivity contribution in [2.24, 2.45) is 5.41 Å². The van der Waals surface area contributed by atoms with Gasteiger partial charge in [0.25, 0.3) is 0 Å². The van der Waals surface area contributed by atoms with Gasteiger partial charge in [0, 0.05) is 29.0 Å². The summed E-state index contributed by atoms with van der Waals surface area (Å²) < 4.78 is 21.2. The number of piperidine rings is 1. The number of aromatic nitrogens is 1. The topological polar surface area (TPSA) is 69.2 Å². The molecule has 1 spiro atoms. The van der Waals surface area contributed by atoms with Crippen LogP contribution in [0.3, 0.4) is 0 Å². The number of methoxy groups -OCH3 is 1. The molecule has 1 saturated heterocycles. The lowest BCUT2D eigenvalue weighted by atomic mass is 9.73. The van der Waals surface area contributed by atoms with Crippen LogP contribution in [0.5, 0.6) is 5.88 Å². The Balaban J connectivity index is 1.94. The van der Waals surface area contributed by atoms with Gasteiger partial charge < -0.3 is 14.6 Å². The van der Waals surface area contributed by atoms with Gasteiger partial charge in [-0.05, 0) is 64.3 Å². The van der Waals surface area contributed by atoms with Gasteiger partial charge in [-0.3, -0.25) is 0 Å². The van der Waals surface area contributed by atoms with Crippen LogP contribution >= 0.6 is 0 Å². The Labute approximate surface area is 141 Å². The predicted molar refractivity (Wildman–Crippen MR) is 92.8 cm³/mol. The fraction of sp³-hybridized carbons (Fsp3) is 0.706. The largest absolute Gasteiger partial charge is 0.598 e. The van der Waals surface area contributed by atoms with Gasteiger partial charge in [0.15, 0.2) is 0 Å². The number of hydrogen-bond donors (Lipinski definition) is 2. The van der Waals surface area contributed by atoms with E-state index >= 15 is 0 Å². The Hall–Kier alpha value is -0.820. The number of rotatable bonds is 3. The van der Waals surface area contributed by atoms with Crippen LogP contribution < -0.4 is 14.8 Å². The number of nitrogens with one attached hydrogen (secondary N) is 2. The van der Waals surface area contributed by atoms with Crippen molar-refractivity contribution in [3.8, 4) is 5.88 Å². The third-order valence-corrected chi connectivity index (χ3v) is 6.62. The minimum absolute atomic E-state index is 0.0954. The highest BCUT2D eigenvalue weighted by molar-refractivity contribution is 7.90. The zero-order valence-corrected chi connectivity index (χ0v) is 15.3. The smallest absolute Gasteiger partial charge is 0.213 e. The van der Waals surface area contributed by atoms with Crippen LogP contribution in [0.1, 0.15) is 50.8 Å². The molecule has 6 heteroatoms. The molecule has 0 aromatic carbocycles. The molecule has 0 saturated carbocycles. The fourth-order valence-electron chi connectivity index (χ4n) is 3.68. The predicted octanol–water partition coefficient (Wildman–Crippen LogP) is 2.11. The highest BCUT2D eigenvalue weighted by Crippen LogP contribution is 2.51. The second kappa shape index (κ2) is 6.24. The molecule has 3 rings (SSSR count). The van der Waals surface area contributed by atoms with Gasteiger partial charge in [-0.15, -0.1) is 4.72 Å². The summed E-state index contributed by atoms with van der Waals surface area (Å²) in [7, 11) is 1.65. The summed E-state index contributed by atoms with van der Waals surface area (Å²) in [5, 5.41) is 3.45. The molecular weight excluding hydrogens is 310 g/mol. The van der Waals surface area contributed by atoms with E-state index in [1.54, 1.807) is 7.11 Å². The van der Waals surface area contributed by atoms with Gasteiger partial charge in [0.2, 0.25) is 5.88 Å². The van der Waals surface area contributed by atoms with E-state index < -0.39 is 11.4 Å². The molecule has 23 heavy (non-hydrogen) atoms. The first-order valence-corrected chi connectivity index (χ1v) is 9.42. The van der Waals surface area contributed by atoms with Crippen LogP contribution in [-0.2, 0) is 17.8 Å². The van der Waals surface area contributed by atoms with E-state index in [4.69, 9.17) is 4.74 Å². The highest BCUT2D eigenvalue weighted by atomic mass is 32.2. The molecule has 0 bridgehead atoms. The van der Waals surface area contributed by atoms with E-state index in [-0.39, 0.29) is 16.2 Å². The van der Waals surface area contributed by atoms with Crippen molar-refractivity contribution in [3.63, 3.8) is 0 Å². The van der Waals surface area contributed by atoms with Gasteiger partial charge in [-0.2, -0.15) is 0 Å². The Morgan fingerprint density at radius 3 is 2.70 bits per heavy atom. The maximum Gasteiger partial charge on any atom is 0.213 e. The van der Waals surface area contributed by atoms with Crippen molar-refractivity contribution in [2.45, 2.75) is 50.8 Å². The summed E-state index contributed by atoms with van der Waals surface area (Å²) in [4.78, 5) is 4.39. The van der Waals surface area contributed by atoms with Gasteiger partial charge >= 0.3 is 0 Å². The minimum atomic E-state index is -1.10. The van der Waals surface area contributed by atoms with Crippen molar-refractivity contribution in [2.75, 3.05) is 20.2 Å². The third-order valence-electron chi connectivity index (χ3n) is 5.05. The number of hydrogen-bond acceptors (Lipinski definition) is 5. The van der Waals surface area contributed by atoms with E-state index in [1.165, 1.54) is 11.1 Å². The normalized spacial score (nSPS) is 24.5. The van der Waals surface area contributed by atoms with Crippen LogP contribution in [0.15, 0.2) is 12.3 Å². The van der Waals surface area contributed by atoms with Crippen molar-refractivity contribution >= 4 is 11.4 Å². The fourth-order valence-corrected chi connectivity index (χ4v) is 4.63. The molecule has 1 aromatic heterocycles. The molecule has 2 N–H and O–H groups in total. The van der Waals surface area contributed by atoms with E-state index in [1.807, 2.05) is 33.0 Å². The first kappa shape index (κ1) is 17.0. The van der Waals surface area contributed by atoms with E-state index in [9.17, 15) is 4.55 Å². The molecule has 1 fully saturated rings. The summed E-state index contributed by atoms with van der Waals surface area (Å²) >= 11 is -1.10. The maximum absolute atomic E-state index is 12.7. The minimum Gasteiger partial charge on any atom is -0.598 e. The second-order valence-corrected chi connectivity index (χ2v) is 9.64. The lowest BCUT2D eigenvalue weighted by Crippen LogP contribution is -2.48. The van der Waals surface area contributed by atoms with Gasteiger partial charge in [-0.25, -0.2) is 4.98 Å². The first-order valence-electron chi connectivity index (χ1n) is 8.27. The van der Waals surface area contributed by atoms with Gasteiger partial charge in [-0.1, -0.05) is 0 Å². The maximum atomic E-state index is 12.7. The molecule has 128 valence electrons. The lowest BCUT2D eigenvalue weighted by Gasteiger charge is -2.40. The van der Waals surface area contributed by atoms with Crippen LogP contribution in [0.4, 0.5) is 0 Å². The molecule has 2 unspecified atom stereocenters. The third kappa shape index (κ3) is 3.22. The molecule has 5 nitrogen and oxygen atoms in total. The molecule has 1 aliphatic heterocycles. The number of ether oxygens (including phenoxy) is 1. The van der Waals surface area contributed by atoms with Crippen molar-refractivity contribution in [1.29, 1.82) is 0 Å². The van der Waals surface area contributed by atoms with Gasteiger partial charge in [0.05, 0.1) is 13.2 Å².